The van der Waals surface area contributed by atoms with Gasteiger partial charge in [-0.15, -0.1) is 0 Å². The van der Waals surface area contributed by atoms with Gasteiger partial charge in [0.25, 0.3) is 0 Å². The second-order valence-electron chi connectivity index (χ2n) is 5.54. The van der Waals surface area contributed by atoms with Gasteiger partial charge in [0.1, 0.15) is 0 Å². The molecule has 2 saturated heterocycles. The van der Waals surface area contributed by atoms with E-state index in [4.69, 9.17) is 4.74 Å². The van der Waals surface area contributed by atoms with Crippen molar-refractivity contribution in [2.24, 2.45) is 5.41 Å². The highest BCUT2D eigenvalue weighted by molar-refractivity contribution is 6.09. The van der Waals surface area contributed by atoms with E-state index in [1.165, 1.54) is 0 Å². The Kier molecular flexibility index (Phi) is 2.93. The molecule has 2 heterocycles. The number of imide groups is 1. The van der Waals surface area contributed by atoms with Gasteiger partial charge < -0.3 is 9.84 Å². The number of rotatable bonds is 2. The topological polar surface area (TPSA) is 83.9 Å². The van der Waals surface area contributed by atoms with Gasteiger partial charge in [0.05, 0.1) is 5.41 Å². The van der Waals surface area contributed by atoms with Crippen molar-refractivity contribution in [2.75, 3.05) is 13.2 Å². The number of carboxylic acids is 1. The normalized spacial score (nSPS) is 26.4. The van der Waals surface area contributed by atoms with Crippen LogP contribution in [0.3, 0.4) is 0 Å². The number of amides is 2. The maximum absolute atomic E-state index is 12.2. The van der Waals surface area contributed by atoms with E-state index in [0.29, 0.717) is 0 Å². The molecule has 0 aliphatic carbocycles. The number of carbonyl (C=O) groups excluding carboxylic acids is 2. The van der Waals surface area contributed by atoms with E-state index >= 15 is 0 Å². The SMILES string of the molecule is CC1(C)CC(=O)N(C2(C(=O)O)CCOCC2)C1=O. The number of hydrogen-bond donors (Lipinski definition) is 1. The summed E-state index contributed by atoms with van der Waals surface area (Å²) in [5.41, 5.74) is -2.22. The summed E-state index contributed by atoms with van der Waals surface area (Å²) < 4.78 is 5.14. The summed E-state index contributed by atoms with van der Waals surface area (Å²) in [5.74, 6) is -1.91. The third kappa shape index (κ3) is 1.71. The zero-order valence-corrected chi connectivity index (χ0v) is 10.6. The minimum Gasteiger partial charge on any atom is -0.479 e. The van der Waals surface area contributed by atoms with Gasteiger partial charge in [-0.2, -0.15) is 0 Å². The van der Waals surface area contributed by atoms with Gasteiger partial charge in [-0.05, 0) is 0 Å². The minimum absolute atomic E-state index is 0.0712. The van der Waals surface area contributed by atoms with Crippen molar-refractivity contribution in [2.45, 2.75) is 38.6 Å². The molecule has 2 aliphatic heterocycles. The van der Waals surface area contributed by atoms with Crippen molar-refractivity contribution >= 4 is 17.8 Å². The third-order valence-corrected chi connectivity index (χ3v) is 3.77. The van der Waals surface area contributed by atoms with Crippen molar-refractivity contribution in [1.82, 2.24) is 4.90 Å². The summed E-state index contributed by atoms with van der Waals surface area (Å²) in [6.07, 6.45) is 0.396. The van der Waals surface area contributed by atoms with Crippen molar-refractivity contribution in [1.29, 1.82) is 0 Å². The molecular formula is C12H17NO5. The summed E-state index contributed by atoms with van der Waals surface area (Å²) >= 11 is 0. The van der Waals surface area contributed by atoms with Gasteiger partial charge in [-0.1, -0.05) is 13.8 Å². The van der Waals surface area contributed by atoms with Crippen LogP contribution in [0.2, 0.25) is 0 Å². The fraction of sp³-hybridized carbons (Fsp3) is 0.750. The number of hydrogen-bond acceptors (Lipinski definition) is 4. The quantitative estimate of drug-likeness (QED) is 0.722. The van der Waals surface area contributed by atoms with Crippen LogP contribution >= 0.6 is 0 Å². The molecule has 2 amide bonds. The standard InChI is InChI=1S/C12H17NO5/c1-11(2)7-8(14)13(9(11)15)12(10(16)17)3-5-18-6-4-12/h3-7H2,1-2H3,(H,16,17). The molecule has 0 atom stereocenters. The van der Waals surface area contributed by atoms with E-state index in [9.17, 15) is 19.5 Å². The molecule has 0 aromatic carbocycles. The first kappa shape index (κ1) is 13.0. The average molecular weight is 255 g/mol. The molecule has 0 saturated carbocycles. The van der Waals surface area contributed by atoms with Crippen molar-refractivity contribution in [3.05, 3.63) is 0 Å². The van der Waals surface area contributed by atoms with Crippen LogP contribution in [0.4, 0.5) is 0 Å². The van der Waals surface area contributed by atoms with Gasteiger partial charge in [0, 0.05) is 32.5 Å². The van der Waals surface area contributed by atoms with Crippen LogP contribution in [0.5, 0.6) is 0 Å². The van der Waals surface area contributed by atoms with Crippen molar-refractivity contribution in [3.63, 3.8) is 0 Å². The summed E-state index contributed by atoms with van der Waals surface area (Å²) in [7, 11) is 0. The molecule has 6 nitrogen and oxygen atoms in total. The number of ether oxygens (including phenoxy) is 1. The molecule has 0 unspecified atom stereocenters. The highest BCUT2D eigenvalue weighted by atomic mass is 16.5. The lowest BCUT2D eigenvalue weighted by Crippen LogP contribution is -2.60. The molecule has 2 aliphatic rings. The van der Waals surface area contributed by atoms with E-state index in [0.717, 1.165) is 4.90 Å². The Balaban J connectivity index is 2.41. The lowest BCUT2D eigenvalue weighted by Gasteiger charge is -2.39. The second-order valence-corrected chi connectivity index (χ2v) is 5.54. The molecule has 18 heavy (non-hydrogen) atoms. The zero-order chi connectivity index (χ0) is 13.6. The van der Waals surface area contributed by atoms with Gasteiger partial charge in [0.2, 0.25) is 11.8 Å². The number of aliphatic carboxylic acids is 1. The van der Waals surface area contributed by atoms with E-state index in [1.807, 2.05) is 0 Å². The Morgan fingerprint density at radius 1 is 1.28 bits per heavy atom. The molecule has 0 radical (unpaired) electrons. The minimum atomic E-state index is -1.42. The monoisotopic (exact) mass is 255 g/mol. The smallest absolute Gasteiger partial charge is 0.330 e. The van der Waals surface area contributed by atoms with E-state index in [2.05, 4.69) is 0 Å². The first-order chi connectivity index (χ1) is 8.31. The van der Waals surface area contributed by atoms with E-state index < -0.39 is 28.7 Å². The van der Waals surface area contributed by atoms with Crippen molar-refractivity contribution < 1.29 is 24.2 Å². The summed E-state index contributed by atoms with van der Waals surface area (Å²) in [6, 6.07) is 0. The first-order valence-electron chi connectivity index (χ1n) is 6.00. The van der Waals surface area contributed by atoms with Gasteiger partial charge in [-0.3, -0.25) is 14.5 Å². The Bertz CT molecular complexity index is 409. The van der Waals surface area contributed by atoms with Crippen LogP contribution in [-0.2, 0) is 19.1 Å². The fourth-order valence-corrected chi connectivity index (χ4v) is 2.62. The molecule has 100 valence electrons. The molecule has 2 fully saturated rings. The molecule has 0 bridgehead atoms. The average Bonchev–Trinajstić information content (AvgIpc) is 2.49. The molecule has 0 aromatic rings. The number of carbonyl (C=O) groups is 3. The molecule has 2 rings (SSSR count). The second kappa shape index (κ2) is 4.05. The Morgan fingerprint density at radius 2 is 1.83 bits per heavy atom. The van der Waals surface area contributed by atoms with Gasteiger partial charge >= 0.3 is 5.97 Å². The van der Waals surface area contributed by atoms with Gasteiger partial charge in [0.15, 0.2) is 5.54 Å². The van der Waals surface area contributed by atoms with E-state index in [-0.39, 0.29) is 32.5 Å². The van der Waals surface area contributed by atoms with Crippen LogP contribution < -0.4 is 0 Å². The van der Waals surface area contributed by atoms with Crippen molar-refractivity contribution in [3.8, 4) is 0 Å². The third-order valence-electron chi connectivity index (χ3n) is 3.77. The summed E-state index contributed by atoms with van der Waals surface area (Å²) in [5, 5.41) is 9.45. The highest BCUT2D eigenvalue weighted by Crippen LogP contribution is 2.40. The molecule has 0 spiro atoms. The molecule has 1 N–H and O–H groups in total. The lowest BCUT2D eigenvalue weighted by atomic mass is 9.87. The van der Waals surface area contributed by atoms with Crippen LogP contribution in [0.25, 0.3) is 0 Å². The Hall–Kier alpha value is -1.43. The Morgan fingerprint density at radius 3 is 2.22 bits per heavy atom. The van der Waals surface area contributed by atoms with Crippen LogP contribution in [0.1, 0.15) is 33.1 Å². The maximum atomic E-state index is 12.2. The first-order valence-corrected chi connectivity index (χ1v) is 6.00. The zero-order valence-electron chi connectivity index (χ0n) is 10.6. The Labute approximate surface area is 105 Å². The van der Waals surface area contributed by atoms with Crippen LogP contribution in [-0.4, -0.2) is 46.5 Å². The number of likely N-dealkylation sites (tertiary alicyclic amines) is 1. The summed E-state index contributed by atoms with van der Waals surface area (Å²) in [4.78, 5) is 36.8. The molecular weight excluding hydrogens is 238 g/mol. The van der Waals surface area contributed by atoms with Gasteiger partial charge in [-0.25, -0.2) is 4.79 Å². The molecule has 6 heteroatoms. The lowest BCUT2D eigenvalue weighted by molar-refractivity contribution is -0.170. The van der Waals surface area contributed by atoms with E-state index in [1.54, 1.807) is 13.8 Å². The highest BCUT2D eigenvalue weighted by Gasteiger charge is 2.57. The molecule has 0 aromatic heterocycles. The number of nitrogens with zero attached hydrogens (tertiary/aromatic N) is 1. The van der Waals surface area contributed by atoms with Crippen LogP contribution in [0.15, 0.2) is 0 Å². The fourth-order valence-electron chi connectivity index (χ4n) is 2.62. The largest absolute Gasteiger partial charge is 0.479 e. The predicted octanol–water partition coefficient (Wildman–Crippen LogP) is 0.405. The maximum Gasteiger partial charge on any atom is 0.330 e. The number of carboxylic acid groups (broad SMARTS) is 1. The van der Waals surface area contributed by atoms with Crippen LogP contribution in [0, 0.1) is 5.41 Å². The predicted molar refractivity (Wildman–Crippen MR) is 60.7 cm³/mol. The summed E-state index contributed by atoms with van der Waals surface area (Å²) in [6.45, 7) is 3.85.